The number of alkyl halides is 2. The van der Waals surface area contributed by atoms with Gasteiger partial charge >= 0.3 is 0 Å². The van der Waals surface area contributed by atoms with E-state index in [2.05, 4.69) is 0 Å². The molecule has 0 aromatic carbocycles. The Morgan fingerprint density at radius 2 is 1.30 bits per heavy atom. The molecule has 0 saturated heterocycles. The average Bonchev–Trinajstić information content (AvgIpc) is 2.00. The van der Waals surface area contributed by atoms with E-state index in [1.165, 1.54) is 0 Å². The summed E-state index contributed by atoms with van der Waals surface area (Å²) in [6.07, 6.45) is 0. The fourth-order valence-electron chi connectivity index (χ4n) is 0.356. The third-order valence-corrected chi connectivity index (χ3v) is 1.44. The summed E-state index contributed by atoms with van der Waals surface area (Å²) in [6, 6.07) is 3.59. The van der Waals surface area contributed by atoms with Crippen molar-refractivity contribution in [2.24, 2.45) is 0 Å². The molecule has 0 rings (SSSR count). The zero-order valence-corrected chi connectivity index (χ0v) is 6.58. The topological polar surface area (TPSA) is 47.6 Å². The van der Waals surface area contributed by atoms with E-state index in [1.807, 2.05) is 0 Å². The van der Waals surface area contributed by atoms with E-state index in [1.54, 1.807) is 12.1 Å². The van der Waals surface area contributed by atoms with Gasteiger partial charge in [0.25, 0.3) is 0 Å². The van der Waals surface area contributed by atoms with Crippen LogP contribution in [0.3, 0.4) is 0 Å². The molecular weight excluding hydrogens is 171 g/mol. The summed E-state index contributed by atoms with van der Waals surface area (Å²) in [6.45, 7) is 0. The predicted octanol–water partition coefficient (Wildman–Crippen LogP) is 1.81. The van der Waals surface area contributed by atoms with Crippen molar-refractivity contribution in [3.05, 3.63) is 11.1 Å². The van der Waals surface area contributed by atoms with E-state index in [-0.39, 0.29) is 22.9 Å². The van der Waals surface area contributed by atoms with Gasteiger partial charge in [-0.3, -0.25) is 0 Å². The number of rotatable bonds is 2. The summed E-state index contributed by atoms with van der Waals surface area (Å²) in [5.74, 6) is 0.0955. The lowest BCUT2D eigenvalue weighted by Gasteiger charge is -1.91. The van der Waals surface area contributed by atoms with Crippen LogP contribution in [0.5, 0.6) is 0 Å². The van der Waals surface area contributed by atoms with Gasteiger partial charge in [0.1, 0.15) is 0 Å². The predicted molar refractivity (Wildman–Crippen MR) is 39.7 cm³/mol. The summed E-state index contributed by atoms with van der Waals surface area (Å²) >= 11 is 10.7. The summed E-state index contributed by atoms with van der Waals surface area (Å²) < 4.78 is 0. The zero-order valence-electron chi connectivity index (χ0n) is 5.06. The van der Waals surface area contributed by atoms with Crippen LogP contribution in [0.4, 0.5) is 0 Å². The largest absolute Gasteiger partial charge is 0.193 e. The smallest absolute Gasteiger partial charge is 0.0970 e. The van der Waals surface area contributed by atoms with Crippen LogP contribution in [0.1, 0.15) is 0 Å². The number of allylic oxidation sites excluding steroid dienone is 2. The maximum absolute atomic E-state index is 8.36. The molecule has 10 heavy (non-hydrogen) atoms. The maximum Gasteiger partial charge on any atom is 0.0970 e. The SMILES string of the molecule is N#C/C(CCl)=C(\C#N)CCl. The summed E-state index contributed by atoms with van der Waals surface area (Å²) in [7, 11) is 0. The van der Waals surface area contributed by atoms with Gasteiger partial charge in [-0.2, -0.15) is 10.5 Å². The van der Waals surface area contributed by atoms with Crippen LogP contribution in [0.25, 0.3) is 0 Å². The van der Waals surface area contributed by atoms with Crippen LogP contribution in [-0.4, -0.2) is 11.8 Å². The highest BCUT2D eigenvalue weighted by atomic mass is 35.5. The standard InChI is InChI=1S/C6H4Cl2N2/c7-1-5(3-9)6(2-8)4-10/h1-2H2/b6-5-. The summed E-state index contributed by atoms with van der Waals surface area (Å²) in [5, 5.41) is 16.7. The van der Waals surface area contributed by atoms with Crippen molar-refractivity contribution in [3.8, 4) is 12.1 Å². The monoisotopic (exact) mass is 174 g/mol. The Morgan fingerprint density at radius 1 is 1.00 bits per heavy atom. The molecule has 4 heteroatoms. The second kappa shape index (κ2) is 5.11. The highest BCUT2D eigenvalue weighted by molar-refractivity contribution is 6.21. The van der Waals surface area contributed by atoms with Gasteiger partial charge in [-0.25, -0.2) is 0 Å². The molecule has 0 aromatic rings. The molecule has 0 aliphatic heterocycles. The van der Waals surface area contributed by atoms with Crippen LogP contribution in [0.2, 0.25) is 0 Å². The van der Waals surface area contributed by atoms with Crippen molar-refractivity contribution in [3.63, 3.8) is 0 Å². The minimum atomic E-state index is 0.0477. The Morgan fingerprint density at radius 3 is 1.40 bits per heavy atom. The molecule has 0 aliphatic carbocycles. The van der Waals surface area contributed by atoms with Crippen LogP contribution in [0, 0.1) is 22.7 Å². The lowest BCUT2D eigenvalue weighted by Crippen LogP contribution is -1.90. The van der Waals surface area contributed by atoms with Crippen molar-refractivity contribution >= 4 is 23.2 Å². The highest BCUT2D eigenvalue weighted by Gasteiger charge is 2.01. The molecule has 0 bridgehead atoms. The second-order valence-electron chi connectivity index (χ2n) is 1.45. The lowest BCUT2D eigenvalue weighted by molar-refractivity contribution is 1.35. The minimum Gasteiger partial charge on any atom is -0.193 e. The first-order valence-corrected chi connectivity index (χ1v) is 3.51. The van der Waals surface area contributed by atoms with Crippen molar-refractivity contribution in [1.82, 2.24) is 0 Å². The Labute approximate surface area is 69.3 Å². The third-order valence-electron chi connectivity index (χ3n) is 0.901. The molecule has 0 fully saturated rings. The molecule has 0 aromatic heterocycles. The third kappa shape index (κ3) is 2.27. The van der Waals surface area contributed by atoms with E-state index >= 15 is 0 Å². The molecule has 0 unspecified atom stereocenters. The van der Waals surface area contributed by atoms with Gasteiger partial charge in [0, 0.05) is 0 Å². The van der Waals surface area contributed by atoms with E-state index in [4.69, 9.17) is 33.7 Å². The Balaban J connectivity index is 4.62. The van der Waals surface area contributed by atoms with Gasteiger partial charge in [0.15, 0.2) is 0 Å². The van der Waals surface area contributed by atoms with Gasteiger partial charge < -0.3 is 0 Å². The summed E-state index contributed by atoms with van der Waals surface area (Å²) in [5.41, 5.74) is 0.498. The van der Waals surface area contributed by atoms with Gasteiger partial charge in [0.2, 0.25) is 0 Å². The molecule has 0 amide bonds. The average molecular weight is 175 g/mol. The Kier molecular flexibility index (Phi) is 4.76. The van der Waals surface area contributed by atoms with Crippen LogP contribution in [0.15, 0.2) is 11.1 Å². The number of halogens is 2. The number of hydrogen-bond donors (Lipinski definition) is 0. The van der Waals surface area contributed by atoms with E-state index in [9.17, 15) is 0 Å². The first kappa shape index (κ1) is 9.30. The van der Waals surface area contributed by atoms with E-state index in [0.29, 0.717) is 0 Å². The Bertz CT molecular complexity index is 195. The highest BCUT2D eigenvalue weighted by Crippen LogP contribution is 2.06. The van der Waals surface area contributed by atoms with Gasteiger partial charge in [-0.05, 0) is 0 Å². The number of nitrogens with zero attached hydrogens (tertiary/aromatic N) is 2. The quantitative estimate of drug-likeness (QED) is 0.474. The molecule has 0 spiro atoms. The van der Waals surface area contributed by atoms with Gasteiger partial charge in [-0.1, -0.05) is 0 Å². The molecule has 0 radical (unpaired) electrons. The molecule has 0 saturated carbocycles. The Hall–Kier alpha value is -0.700. The van der Waals surface area contributed by atoms with Crippen molar-refractivity contribution in [2.45, 2.75) is 0 Å². The normalized spacial score (nSPS) is 11.2. The summed E-state index contributed by atoms with van der Waals surface area (Å²) in [4.78, 5) is 0. The lowest BCUT2D eigenvalue weighted by atomic mass is 10.2. The molecule has 0 aliphatic rings. The molecular formula is C6H4Cl2N2. The number of nitriles is 2. The molecule has 0 heterocycles. The van der Waals surface area contributed by atoms with E-state index in [0.717, 1.165) is 0 Å². The van der Waals surface area contributed by atoms with Crippen LogP contribution >= 0.6 is 23.2 Å². The molecule has 0 N–H and O–H groups in total. The van der Waals surface area contributed by atoms with Crippen LogP contribution < -0.4 is 0 Å². The van der Waals surface area contributed by atoms with Gasteiger partial charge in [-0.15, -0.1) is 23.2 Å². The zero-order chi connectivity index (χ0) is 7.98. The van der Waals surface area contributed by atoms with E-state index < -0.39 is 0 Å². The minimum absolute atomic E-state index is 0.0477. The first-order chi connectivity index (χ1) is 4.79. The van der Waals surface area contributed by atoms with Gasteiger partial charge in [0.05, 0.1) is 35.0 Å². The van der Waals surface area contributed by atoms with Crippen molar-refractivity contribution in [1.29, 1.82) is 10.5 Å². The van der Waals surface area contributed by atoms with Crippen LogP contribution in [-0.2, 0) is 0 Å². The van der Waals surface area contributed by atoms with Crippen molar-refractivity contribution < 1.29 is 0 Å². The molecule has 2 nitrogen and oxygen atoms in total. The molecule has 0 atom stereocenters. The first-order valence-electron chi connectivity index (χ1n) is 2.44. The molecule has 52 valence electrons. The fourth-order valence-corrected chi connectivity index (χ4v) is 0.798. The van der Waals surface area contributed by atoms with Crippen molar-refractivity contribution in [2.75, 3.05) is 11.8 Å². The second-order valence-corrected chi connectivity index (χ2v) is 1.98. The number of hydrogen-bond acceptors (Lipinski definition) is 2. The maximum atomic E-state index is 8.36. The fraction of sp³-hybridized carbons (Fsp3) is 0.333.